The molecule has 0 saturated carbocycles. The van der Waals surface area contributed by atoms with Crippen molar-refractivity contribution >= 4 is 11.8 Å². The molecule has 0 bridgehead atoms. The van der Waals surface area contributed by atoms with E-state index in [-0.39, 0.29) is 12.5 Å². The Morgan fingerprint density at radius 2 is 1.71 bits per heavy atom. The lowest BCUT2D eigenvalue weighted by Crippen LogP contribution is -2.46. The number of likely N-dealkylation sites (N-methyl/N-ethyl adjacent to an activating group) is 1. The van der Waals surface area contributed by atoms with Crippen LogP contribution in [0, 0.1) is 0 Å². The molecule has 0 aliphatic carbocycles. The van der Waals surface area contributed by atoms with E-state index in [1.54, 1.807) is 13.1 Å². The smallest absolute Gasteiger partial charge is 0.252 e. The van der Waals surface area contributed by atoms with Gasteiger partial charge >= 0.3 is 0 Å². The average Bonchev–Trinajstić information content (AvgIpc) is 3.30. The molecular formula is C29H30N2O4. The minimum absolute atomic E-state index is 0.0846. The first-order valence-electron chi connectivity index (χ1n) is 11.7. The van der Waals surface area contributed by atoms with Crippen LogP contribution in [-0.4, -0.2) is 42.7 Å². The van der Waals surface area contributed by atoms with Gasteiger partial charge in [-0.05, 0) is 41.0 Å². The fraction of sp³-hybridized carbons (Fsp3) is 0.241. The van der Waals surface area contributed by atoms with Crippen LogP contribution in [0.25, 0.3) is 11.1 Å². The largest absolute Gasteiger partial charge is 0.494 e. The molecule has 6 nitrogen and oxygen atoms in total. The Bertz CT molecular complexity index is 1170. The van der Waals surface area contributed by atoms with Gasteiger partial charge in [-0.2, -0.15) is 0 Å². The summed E-state index contributed by atoms with van der Waals surface area (Å²) in [6, 6.07) is 25.6. The van der Waals surface area contributed by atoms with Gasteiger partial charge in [-0.1, -0.05) is 60.7 Å². The molecule has 2 atom stereocenters. The first-order valence-corrected chi connectivity index (χ1v) is 11.7. The second-order valence-electron chi connectivity index (χ2n) is 8.35. The maximum atomic E-state index is 13.2. The Kier molecular flexibility index (Phi) is 7.63. The summed E-state index contributed by atoms with van der Waals surface area (Å²) in [7, 11) is 1.61. The number of benzene rings is 3. The summed E-state index contributed by atoms with van der Waals surface area (Å²) in [5.74, 6) is 0.862. The molecule has 1 aliphatic rings. The van der Waals surface area contributed by atoms with Crippen LogP contribution in [0.2, 0.25) is 0 Å². The molecule has 0 aromatic heterocycles. The molecule has 6 heteroatoms. The van der Waals surface area contributed by atoms with E-state index in [0.29, 0.717) is 31.1 Å². The van der Waals surface area contributed by atoms with Gasteiger partial charge in [-0.25, -0.2) is 4.99 Å². The van der Waals surface area contributed by atoms with E-state index in [0.717, 1.165) is 22.3 Å². The highest BCUT2D eigenvalue weighted by molar-refractivity contribution is 6.01. The van der Waals surface area contributed by atoms with Crippen LogP contribution in [0.1, 0.15) is 30.1 Å². The number of aliphatic hydroxyl groups excluding tert-OH is 1. The number of aliphatic imine (C=N–C) groups is 1. The fourth-order valence-electron chi connectivity index (χ4n) is 4.23. The molecule has 3 aromatic carbocycles. The van der Waals surface area contributed by atoms with Gasteiger partial charge in [-0.3, -0.25) is 4.79 Å². The molecule has 2 N–H and O–H groups in total. The molecule has 3 aromatic rings. The molecule has 180 valence electrons. The topological polar surface area (TPSA) is 80.2 Å². The lowest BCUT2D eigenvalue weighted by Gasteiger charge is -2.29. The number of carbonyl (C=O) groups is 1. The molecule has 1 amide bonds. The standard InChI is InChI=1S/C29H30N2O4/c1-3-18-29(28(33)30-2)26(23-12-10-22(11-13-23)21-8-5-4-6-9-21)35-27(31-29)24-14-16-25(17-15-24)34-20-7-19-32/h3-6,8-17,26,32H,1,7,18-20H2,2H3,(H,30,33)/t26-,29-/m1/s1. The molecule has 1 heterocycles. The van der Waals surface area contributed by atoms with Gasteiger partial charge < -0.3 is 19.9 Å². The van der Waals surface area contributed by atoms with Crippen LogP contribution in [0.5, 0.6) is 5.75 Å². The van der Waals surface area contributed by atoms with Gasteiger partial charge in [0.1, 0.15) is 5.75 Å². The van der Waals surface area contributed by atoms with Crippen molar-refractivity contribution in [1.29, 1.82) is 0 Å². The number of aliphatic hydroxyl groups is 1. The summed E-state index contributed by atoms with van der Waals surface area (Å²) in [6.45, 7) is 4.40. The van der Waals surface area contributed by atoms with Gasteiger partial charge in [0.25, 0.3) is 5.91 Å². The number of rotatable bonds is 10. The number of hydrogen-bond acceptors (Lipinski definition) is 5. The minimum Gasteiger partial charge on any atom is -0.494 e. The Morgan fingerprint density at radius 1 is 1.06 bits per heavy atom. The molecule has 0 fully saturated rings. The summed E-state index contributed by atoms with van der Waals surface area (Å²) >= 11 is 0. The van der Waals surface area contributed by atoms with Crippen LogP contribution >= 0.6 is 0 Å². The van der Waals surface area contributed by atoms with Crippen molar-refractivity contribution in [2.75, 3.05) is 20.3 Å². The first kappa shape index (κ1) is 24.2. The van der Waals surface area contributed by atoms with Crippen LogP contribution in [0.3, 0.4) is 0 Å². The van der Waals surface area contributed by atoms with Crippen LogP contribution in [-0.2, 0) is 9.53 Å². The second kappa shape index (κ2) is 11.0. The minimum atomic E-state index is -1.17. The van der Waals surface area contributed by atoms with Gasteiger partial charge in [0.15, 0.2) is 11.6 Å². The SMILES string of the molecule is C=CC[C@@]1(C(=O)NC)N=C(c2ccc(OCCCO)cc2)O[C@@H]1c1ccc(-c2ccccc2)cc1. The molecule has 1 aliphatic heterocycles. The van der Waals surface area contributed by atoms with E-state index < -0.39 is 11.6 Å². The highest BCUT2D eigenvalue weighted by atomic mass is 16.5. The lowest BCUT2D eigenvalue weighted by molar-refractivity contribution is -0.128. The quantitative estimate of drug-likeness (QED) is 0.333. The van der Waals surface area contributed by atoms with E-state index in [2.05, 4.69) is 24.0 Å². The summed E-state index contributed by atoms with van der Waals surface area (Å²) in [4.78, 5) is 18.0. The zero-order valence-corrected chi connectivity index (χ0v) is 19.8. The summed E-state index contributed by atoms with van der Waals surface area (Å²) < 4.78 is 12.0. The van der Waals surface area contributed by atoms with E-state index in [9.17, 15) is 4.79 Å². The number of nitrogens with zero attached hydrogens (tertiary/aromatic N) is 1. The van der Waals surface area contributed by atoms with Crippen molar-refractivity contribution in [1.82, 2.24) is 5.32 Å². The highest BCUT2D eigenvalue weighted by Gasteiger charge is 2.52. The van der Waals surface area contributed by atoms with Gasteiger partial charge in [0, 0.05) is 32.1 Å². The van der Waals surface area contributed by atoms with Crippen molar-refractivity contribution in [2.45, 2.75) is 24.5 Å². The Balaban J connectivity index is 1.65. The van der Waals surface area contributed by atoms with Crippen LogP contribution < -0.4 is 10.1 Å². The third-order valence-corrected chi connectivity index (χ3v) is 6.03. The van der Waals surface area contributed by atoms with Gasteiger partial charge in [0.05, 0.1) is 6.61 Å². The first-order chi connectivity index (χ1) is 17.1. The normalized spacial score (nSPS) is 18.9. The monoisotopic (exact) mass is 470 g/mol. The Labute approximate surface area is 205 Å². The van der Waals surface area contributed by atoms with Crippen molar-refractivity contribution in [2.24, 2.45) is 4.99 Å². The Morgan fingerprint density at radius 3 is 2.34 bits per heavy atom. The maximum absolute atomic E-state index is 13.2. The third-order valence-electron chi connectivity index (χ3n) is 6.03. The van der Waals surface area contributed by atoms with Crippen LogP contribution in [0.15, 0.2) is 96.5 Å². The average molecular weight is 471 g/mol. The van der Waals surface area contributed by atoms with E-state index in [1.165, 1.54) is 0 Å². The van der Waals surface area contributed by atoms with E-state index in [1.807, 2.05) is 66.7 Å². The summed E-state index contributed by atoms with van der Waals surface area (Å²) in [5.41, 5.74) is 2.64. The van der Waals surface area contributed by atoms with Crippen molar-refractivity contribution < 1.29 is 19.4 Å². The zero-order chi connectivity index (χ0) is 24.7. The molecule has 0 spiro atoms. The van der Waals surface area contributed by atoms with E-state index in [4.69, 9.17) is 19.6 Å². The second-order valence-corrected chi connectivity index (χ2v) is 8.35. The van der Waals surface area contributed by atoms with Gasteiger partial charge in [-0.15, -0.1) is 6.58 Å². The molecule has 0 radical (unpaired) electrons. The fourth-order valence-corrected chi connectivity index (χ4v) is 4.23. The number of ether oxygens (including phenoxy) is 2. The molecule has 4 rings (SSSR count). The summed E-state index contributed by atoms with van der Waals surface area (Å²) in [6.07, 6.45) is 1.98. The van der Waals surface area contributed by atoms with Crippen molar-refractivity contribution in [3.63, 3.8) is 0 Å². The number of nitrogens with one attached hydrogen (secondary N) is 1. The Hall–Kier alpha value is -3.90. The molecule has 0 unspecified atom stereocenters. The number of amides is 1. The van der Waals surface area contributed by atoms with Gasteiger partial charge in [0.2, 0.25) is 5.90 Å². The molecular weight excluding hydrogens is 440 g/mol. The number of hydrogen-bond donors (Lipinski definition) is 2. The predicted molar refractivity (Wildman–Crippen MR) is 137 cm³/mol. The molecule has 0 saturated heterocycles. The zero-order valence-electron chi connectivity index (χ0n) is 19.8. The molecule has 35 heavy (non-hydrogen) atoms. The summed E-state index contributed by atoms with van der Waals surface area (Å²) in [5, 5.41) is 11.7. The predicted octanol–water partition coefficient (Wildman–Crippen LogP) is 4.69. The highest BCUT2D eigenvalue weighted by Crippen LogP contribution is 2.43. The van der Waals surface area contributed by atoms with E-state index >= 15 is 0 Å². The maximum Gasteiger partial charge on any atom is 0.252 e. The third kappa shape index (κ3) is 5.12. The van der Waals surface area contributed by atoms with Crippen molar-refractivity contribution in [3.05, 3.63) is 103 Å². The van der Waals surface area contributed by atoms with Crippen LogP contribution in [0.4, 0.5) is 0 Å². The number of carbonyl (C=O) groups excluding carboxylic acids is 1. The lowest BCUT2D eigenvalue weighted by atomic mass is 9.84. The van der Waals surface area contributed by atoms with Crippen molar-refractivity contribution in [3.8, 4) is 16.9 Å².